The van der Waals surface area contributed by atoms with Gasteiger partial charge in [-0.15, -0.1) is 0 Å². The van der Waals surface area contributed by atoms with Crippen LogP contribution in [0.15, 0.2) is 73.1 Å². The van der Waals surface area contributed by atoms with E-state index in [0.29, 0.717) is 34.1 Å². The molecule has 0 aliphatic rings. The van der Waals surface area contributed by atoms with E-state index in [4.69, 9.17) is 9.72 Å². The van der Waals surface area contributed by atoms with E-state index in [9.17, 15) is 18.0 Å². The smallest absolute Gasteiger partial charge is 0.416 e. The largest absolute Gasteiger partial charge is 0.438 e. The van der Waals surface area contributed by atoms with Gasteiger partial charge in [0.05, 0.1) is 16.8 Å². The monoisotopic (exact) mass is 563 g/mol. The number of unbranched alkanes of at least 4 members (excludes halogenated alkanes) is 2. The number of carbonyl (C=O) groups excluding carboxylic acids is 1. The number of hydrogen-bond donors (Lipinski definition) is 1. The number of hydrogen-bond acceptors (Lipinski definition) is 6. The van der Waals surface area contributed by atoms with Crippen LogP contribution in [0.25, 0.3) is 11.3 Å². The first-order valence-corrected chi connectivity index (χ1v) is 13.3. The van der Waals surface area contributed by atoms with E-state index in [1.54, 1.807) is 37.5 Å². The number of aromatic nitrogens is 3. The van der Waals surface area contributed by atoms with Gasteiger partial charge in [0.1, 0.15) is 11.6 Å². The highest BCUT2D eigenvalue weighted by atomic mass is 19.4. The minimum absolute atomic E-state index is 0.0892. The third kappa shape index (κ3) is 8.34. The molecule has 10 heteroatoms. The molecule has 0 spiro atoms. The summed E-state index contributed by atoms with van der Waals surface area (Å²) in [6.45, 7) is 2.86. The van der Waals surface area contributed by atoms with Crippen molar-refractivity contribution < 1.29 is 22.7 Å². The molecule has 0 unspecified atom stereocenters. The number of ether oxygens (including phenoxy) is 1. The number of rotatable bonds is 11. The van der Waals surface area contributed by atoms with Gasteiger partial charge >= 0.3 is 6.18 Å². The summed E-state index contributed by atoms with van der Waals surface area (Å²) in [6.07, 6.45) is 2.85. The number of nitrogens with zero attached hydrogens (tertiary/aromatic N) is 4. The van der Waals surface area contributed by atoms with Crippen molar-refractivity contribution in [2.24, 2.45) is 0 Å². The summed E-state index contributed by atoms with van der Waals surface area (Å²) in [7, 11) is 4.14. The summed E-state index contributed by atoms with van der Waals surface area (Å²) in [6, 6.07) is 14.8. The Bertz CT molecular complexity index is 1490. The van der Waals surface area contributed by atoms with Gasteiger partial charge in [-0.3, -0.25) is 4.79 Å². The van der Waals surface area contributed by atoms with Gasteiger partial charge in [0.25, 0.3) is 5.91 Å². The fraction of sp³-hybridized carbons (Fsp3) is 0.290. The Labute approximate surface area is 237 Å². The van der Waals surface area contributed by atoms with Crippen LogP contribution in [0.4, 0.5) is 18.9 Å². The molecule has 7 nitrogen and oxygen atoms in total. The lowest BCUT2D eigenvalue weighted by molar-refractivity contribution is -0.137. The molecule has 0 aliphatic heterocycles. The van der Waals surface area contributed by atoms with Crippen LogP contribution in [0.1, 0.15) is 46.6 Å². The second-order valence-electron chi connectivity index (χ2n) is 9.94. The zero-order chi connectivity index (χ0) is 29.4. The fourth-order valence-electron chi connectivity index (χ4n) is 4.21. The Hall–Kier alpha value is -4.31. The molecular formula is C31H32F3N5O2. The van der Waals surface area contributed by atoms with Crippen molar-refractivity contribution in [3.63, 3.8) is 0 Å². The topological polar surface area (TPSA) is 80.2 Å². The molecule has 41 heavy (non-hydrogen) atoms. The van der Waals surface area contributed by atoms with Crippen molar-refractivity contribution in [2.45, 2.75) is 38.8 Å². The number of halogens is 3. The zero-order valence-corrected chi connectivity index (χ0v) is 23.2. The van der Waals surface area contributed by atoms with Crippen molar-refractivity contribution in [2.75, 3.05) is 26.0 Å². The lowest BCUT2D eigenvalue weighted by Crippen LogP contribution is -2.14. The van der Waals surface area contributed by atoms with Crippen LogP contribution in [-0.2, 0) is 12.6 Å². The van der Waals surface area contributed by atoms with E-state index in [1.165, 1.54) is 12.1 Å². The molecule has 0 radical (unpaired) electrons. The first-order valence-electron chi connectivity index (χ1n) is 13.3. The lowest BCUT2D eigenvalue weighted by Gasteiger charge is -2.14. The maximum absolute atomic E-state index is 13.0. The number of amides is 1. The van der Waals surface area contributed by atoms with Crippen LogP contribution < -0.4 is 10.1 Å². The first-order chi connectivity index (χ1) is 19.6. The van der Waals surface area contributed by atoms with Crippen LogP contribution in [0, 0.1) is 6.92 Å². The van der Waals surface area contributed by atoms with E-state index in [1.807, 2.05) is 18.2 Å². The summed E-state index contributed by atoms with van der Waals surface area (Å²) in [5.74, 6) is 0.997. The average molecular weight is 564 g/mol. The van der Waals surface area contributed by atoms with Gasteiger partial charge < -0.3 is 15.0 Å². The second-order valence-corrected chi connectivity index (χ2v) is 9.94. The van der Waals surface area contributed by atoms with Gasteiger partial charge in [-0.25, -0.2) is 15.0 Å². The van der Waals surface area contributed by atoms with Gasteiger partial charge in [0, 0.05) is 30.1 Å². The summed E-state index contributed by atoms with van der Waals surface area (Å²) < 4.78 is 45.2. The maximum Gasteiger partial charge on any atom is 0.416 e. The molecule has 4 aromatic rings. The SMILES string of the molecule is Cc1cc(NC(=O)c2cccc(C(F)(F)F)c2)ccc1Oc1ncccc1-c1ccnc(CCCCCN(C)C)n1. The van der Waals surface area contributed by atoms with Crippen LogP contribution in [0.2, 0.25) is 0 Å². The molecule has 0 saturated carbocycles. The Balaban J connectivity index is 1.45. The average Bonchev–Trinajstić information content (AvgIpc) is 2.94. The van der Waals surface area contributed by atoms with E-state index in [0.717, 1.165) is 50.2 Å². The standard InChI is InChI=1S/C31H32F3N5O2/c1-21-19-24(37-29(40)22-9-7-10-23(20-22)31(32,33)34)13-14-27(21)41-30-25(11-8-16-36-30)26-15-17-35-28(38-26)12-5-4-6-18-39(2)3/h7-11,13-17,19-20H,4-6,12,18H2,1-3H3,(H,37,40). The molecule has 4 rings (SSSR count). The van der Waals surface area contributed by atoms with Gasteiger partial charge in [-0.1, -0.05) is 12.5 Å². The molecule has 0 saturated heterocycles. The van der Waals surface area contributed by atoms with Crippen LogP contribution >= 0.6 is 0 Å². The molecule has 2 aromatic heterocycles. The highest BCUT2D eigenvalue weighted by molar-refractivity contribution is 6.04. The predicted molar refractivity (Wildman–Crippen MR) is 152 cm³/mol. The van der Waals surface area contributed by atoms with Gasteiger partial charge in [0.2, 0.25) is 5.88 Å². The molecular weight excluding hydrogens is 531 g/mol. The third-order valence-electron chi connectivity index (χ3n) is 6.35. The van der Waals surface area contributed by atoms with E-state index >= 15 is 0 Å². The van der Waals surface area contributed by atoms with Crippen molar-refractivity contribution in [3.05, 3.63) is 95.6 Å². The van der Waals surface area contributed by atoms with Gasteiger partial charge in [-0.05, 0) is 101 Å². The van der Waals surface area contributed by atoms with Gasteiger partial charge in [0.15, 0.2) is 0 Å². The zero-order valence-electron chi connectivity index (χ0n) is 23.2. The Morgan fingerprint density at radius 2 is 1.78 bits per heavy atom. The molecule has 0 aliphatic carbocycles. The lowest BCUT2D eigenvalue weighted by atomic mass is 10.1. The molecule has 0 atom stereocenters. The molecule has 0 fully saturated rings. The third-order valence-corrected chi connectivity index (χ3v) is 6.35. The van der Waals surface area contributed by atoms with Crippen molar-refractivity contribution in [3.8, 4) is 22.9 Å². The summed E-state index contributed by atoms with van der Waals surface area (Å²) in [5, 5.41) is 2.65. The minimum atomic E-state index is -4.53. The Kier molecular flexibility index (Phi) is 9.67. The van der Waals surface area contributed by atoms with Crippen molar-refractivity contribution in [1.29, 1.82) is 0 Å². The quantitative estimate of drug-likeness (QED) is 0.195. The Morgan fingerprint density at radius 3 is 2.54 bits per heavy atom. The van der Waals surface area contributed by atoms with Crippen LogP contribution in [0.3, 0.4) is 0 Å². The van der Waals surface area contributed by atoms with E-state index in [2.05, 4.69) is 34.3 Å². The molecule has 1 N–H and O–H groups in total. The molecule has 1 amide bonds. The van der Waals surface area contributed by atoms with E-state index < -0.39 is 17.6 Å². The Morgan fingerprint density at radius 1 is 0.951 bits per heavy atom. The highest BCUT2D eigenvalue weighted by Crippen LogP contribution is 2.33. The highest BCUT2D eigenvalue weighted by Gasteiger charge is 2.31. The number of anilines is 1. The van der Waals surface area contributed by atoms with Gasteiger partial charge in [-0.2, -0.15) is 13.2 Å². The molecule has 2 aromatic carbocycles. The predicted octanol–water partition coefficient (Wildman–Crippen LogP) is 7.18. The summed E-state index contributed by atoms with van der Waals surface area (Å²) in [5.41, 5.74) is 1.56. The number of pyridine rings is 1. The van der Waals surface area contributed by atoms with Crippen LogP contribution in [0.5, 0.6) is 11.6 Å². The molecule has 0 bridgehead atoms. The number of nitrogens with one attached hydrogen (secondary N) is 1. The first kappa shape index (κ1) is 29.7. The van der Waals surface area contributed by atoms with Crippen molar-refractivity contribution >= 4 is 11.6 Å². The second kappa shape index (κ2) is 13.4. The molecule has 214 valence electrons. The number of carbonyl (C=O) groups is 1. The molecule has 2 heterocycles. The maximum atomic E-state index is 13.0. The summed E-state index contributed by atoms with van der Waals surface area (Å²) in [4.78, 5) is 28.4. The minimum Gasteiger partial charge on any atom is -0.438 e. The van der Waals surface area contributed by atoms with Crippen LogP contribution in [-0.4, -0.2) is 46.4 Å². The number of alkyl halides is 3. The van der Waals surface area contributed by atoms with E-state index in [-0.39, 0.29) is 5.56 Å². The normalized spacial score (nSPS) is 11.5. The summed E-state index contributed by atoms with van der Waals surface area (Å²) >= 11 is 0. The fourth-order valence-corrected chi connectivity index (χ4v) is 4.21. The number of benzene rings is 2. The van der Waals surface area contributed by atoms with Crippen molar-refractivity contribution in [1.82, 2.24) is 19.9 Å². The number of aryl methyl sites for hydroxylation is 2.